The lowest BCUT2D eigenvalue weighted by Crippen LogP contribution is -2.29. The molecule has 0 radical (unpaired) electrons. The van der Waals surface area contributed by atoms with E-state index in [1.54, 1.807) is 0 Å². The summed E-state index contributed by atoms with van der Waals surface area (Å²) in [4.78, 5) is 17.1. The molecule has 1 aliphatic carbocycles. The Balaban J connectivity index is 0.000000180. The SMILES string of the molecule is CN1CCC(c2ccccc2)CC1.Cc1ccccc1C(=O)N1CC[C@@H](C2=CC=CC=CC2)C1. The summed E-state index contributed by atoms with van der Waals surface area (Å²) in [6.07, 6.45) is 15.4. The van der Waals surface area contributed by atoms with E-state index in [0.717, 1.165) is 43.0 Å². The van der Waals surface area contributed by atoms with E-state index in [0.29, 0.717) is 5.92 Å². The van der Waals surface area contributed by atoms with Crippen LogP contribution in [0.5, 0.6) is 0 Å². The number of aryl methyl sites for hydroxylation is 1. The fourth-order valence-corrected chi connectivity index (χ4v) is 5.19. The zero-order valence-corrected chi connectivity index (χ0v) is 20.7. The van der Waals surface area contributed by atoms with E-state index < -0.39 is 0 Å². The van der Waals surface area contributed by atoms with Gasteiger partial charge in [-0.15, -0.1) is 0 Å². The highest BCUT2D eigenvalue weighted by Gasteiger charge is 2.29. The monoisotopic (exact) mass is 454 g/mol. The van der Waals surface area contributed by atoms with Gasteiger partial charge in [-0.2, -0.15) is 0 Å². The molecule has 2 aliphatic heterocycles. The summed E-state index contributed by atoms with van der Waals surface area (Å²) in [5.41, 5.74) is 4.87. The predicted molar refractivity (Wildman–Crippen MR) is 142 cm³/mol. The highest BCUT2D eigenvalue weighted by Crippen LogP contribution is 2.29. The molecule has 2 aromatic rings. The average Bonchev–Trinajstić information content (AvgIpc) is 3.21. The molecule has 1 atom stereocenters. The Morgan fingerprint density at radius 1 is 0.824 bits per heavy atom. The first-order valence-electron chi connectivity index (χ1n) is 12.7. The van der Waals surface area contributed by atoms with E-state index in [1.165, 1.54) is 37.1 Å². The number of carbonyl (C=O) groups excluding carboxylic acids is 1. The third kappa shape index (κ3) is 6.36. The number of hydrogen-bond acceptors (Lipinski definition) is 2. The minimum Gasteiger partial charge on any atom is -0.338 e. The molecule has 34 heavy (non-hydrogen) atoms. The maximum atomic E-state index is 12.6. The molecule has 0 bridgehead atoms. The zero-order chi connectivity index (χ0) is 23.8. The molecule has 0 unspecified atom stereocenters. The van der Waals surface area contributed by atoms with Crippen molar-refractivity contribution < 1.29 is 4.79 Å². The minimum absolute atomic E-state index is 0.177. The summed E-state index contributed by atoms with van der Waals surface area (Å²) >= 11 is 0. The molecule has 3 nitrogen and oxygen atoms in total. The van der Waals surface area contributed by atoms with Gasteiger partial charge in [0, 0.05) is 18.7 Å². The fraction of sp³-hybridized carbons (Fsp3) is 0.387. The number of carbonyl (C=O) groups is 1. The summed E-state index contributed by atoms with van der Waals surface area (Å²) < 4.78 is 0. The Hall–Kier alpha value is -2.91. The summed E-state index contributed by atoms with van der Waals surface area (Å²) in [6, 6.07) is 18.8. The van der Waals surface area contributed by atoms with Crippen LogP contribution in [-0.2, 0) is 0 Å². The minimum atomic E-state index is 0.177. The van der Waals surface area contributed by atoms with E-state index in [2.05, 4.69) is 72.7 Å². The van der Waals surface area contributed by atoms with Crippen molar-refractivity contribution in [3.05, 3.63) is 107 Å². The number of allylic oxidation sites excluding steroid dienone is 5. The smallest absolute Gasteiger partial charge is 0.254 e. The summed E-state index contributed by atoms with van der Waals surface area (Å²) in [5.74, 6) is 1.48. The van der Waals surface area contributed by atoms with Crippen molar-refractivity contribution in [3.63, 3.8) is 0 Å². The molecule has 3 aliphatic rings. The highest BCUT2D eigenvalue weighted by molar-refractivity contribution is 5.95. The van der Waals surface area contributed by atoms with Gasteiger partial charge in [-0.1, -0.05) is 84.5 Å². The van der Waals surface area contributed by atoms with Crippen LogP contribution in [-0.4, -0.2) is 48.9 Å². The molecule has 1 amide bonds. The van der Waals surface area contributed by atoms with Gasteiger partial charge >= 0.3 is 0 Å². The van der Waals surface area contributed by atoms with Crippen LogP contribution in [0.15, 0.2) is 90.6 Å². The van der Waals surface area contributed by atoms with Gasteiger partial charge in [-0.3, -0.25) is 4.79 Å². The van der Waals surface area contributed by atoms with Gasteiger partial charge in [0.15, 0.2) is 0 Å². The molecular weight excluding hydrogens is 416 g/mol. The molecule has 2 saturated heterocycles. The molecule has 3 heteroatoms. The second kappa shape index (κ2) is 12.0. The van der Waals surface area contributed by atoms with Crippen LogP contribution in [0.2, 0.25) is 0 Å². The Morgan fingerprint density at radius 2 is 1.53 bits per heavy atom. The number of amides is 1. The van der Waals surface area contributed by atoms with Crippen molar-refractivity contribution >= 4 is 5.91 Å². The summed E-state index contributed by atoms with van der Waals surface area (Å²) in [7, 11) is 2.21. The lowest BCUT2D eigenvalue weighted by atomic mass is 9.90. The quantitative estimate of drug-likeness (QED) is 0.536. The molecule has 2 fully saturated rings. The number of likely N-dealkylation sites (tertiary alicyclic amines) is 2. The molecule has 0 saturated carbocycles. The number of hydrogen-bond donors (Lipinski definition) is 0. The van der Waals surface area contributed by atoms with E-state index in [-0.39, 0.29) is 5.91 Å². The number of benzene rings is 2. The maximum Gasteiger partial charge on any atom is 0.254 e. The van der Waals surface area contributed by atoms with Crippen LogP contribution in [0, 0.1) is 12.8 Å². The van der Waals surface area contributed by atoms with Crippen LogP contribution in [0.4, 0.5) is 0 Å². The third-order valence-corrected chi connectivity index (χ3v) is 7.39. The largest absolute Gasteiger partial charge is 0.338 e. The second-order valence-electron chi connectivity index (χ2n) is 9.80. The molecule has 0 spiro atoms. The van der Waals surface area contributed by atoms with Crippen LogP contribution >= 0.6 is 0 Å². The van der Waals surface area contributed by atoms with Gasteiger partial charge in [-0.25, -0.2) is 0 Å². The van der Waals surface area contributed by atoms with Crippen molar-refractivity contribution in [3.8, 4) is 0 Å². The van der Waals surface area contributed by atoms with Gasteiger partial charge in [0.2, 0.25) is 0 Å². The number of nitrogens with zero attached hydrogens (tertiary/aromatic N) is 2. The molecule has 178 valence electrons. The summed E-state index contributed by atoms with van der Waals surface area (Å²) in [5, 5.41) is 0. The van der Waals surface area contributed by atoms with Gasteiger partial charge in [0.05, 0.1) is 0 Å². The van der Waals surface area contributed by atoms with Gasteiger partial charge < -0.3 is 9.80 Å². The van der Waals surface area contributed by atoms with E-state index in [1.807, 2.05) is 36.1 Å². The first kappa shape index (κ1) is 24.2. The van der Waals surface area contributed by atoms with Gasteiger partial charge in [0.25, 0.3) is 5.91 Å². The van der Waals surface area contributed by atoms with E-state index >= 15 is 0 Å². The van der Waals surface area contributed by atoms with Crippen LogP contribution in [0.25, 0.3) is 0 Å². The Labute approximate surface area is 205 Å². The number of rotatable bonds is 3. The average molecular weight is 455 g/mol. The van der Waals surface area contributed by atoms with Crippen molar-refractivity contribution in [2.45, 2.75) is 38.5 Å². The maximum absolute atomic E-state index is 12.6. The number of piperidine rings is 1. The molecular formula is C31H38N2O. The lowest BCUT2D eigenvalue weighted by molar-refractivity contribution is 0.0788. The zero-order valence-electron chi connectivity index (χ0n) is 20.7. The topological polar surface area (TPSA) is 23.6 Å². The predicted octanol–water partition coefficient (Wildman–Crippen LogP) is 6.40. The van der Waals surface area contributed by atoms with Crippen molar-refractivity contribution in [2.24, 2.45) is 5.92 Å². The van der Waals surface area contributed by atoms with Crippen molar-refractivity contribution in [2.75, 3.05) is 33.2 Å². The van der Waals surface area contributed by atoms with Gasteiger partial charge in [-0.05, 0) is 81.8 Å². The lowest BCUT2D eigenvalue weighted by Gasteiger charge is -2.29. The van der Waals surface area contributed by atoms with E-state index in [9.17, 15) is 4.79 Å². The standard InChI is InChI=1S/C19H21NO.C12H17N/c1-15-8-6-7-11-18(15)19(21)20-13-12-17(14-20)16-9-4-2-3-5-10-16;1-13-9-7-12(8-10-13)11-5-3-2-4-6-11/h2-9,11,17H,10,12-14H2,1H3;2-6,12H,7-10H2,1H3/t17-;/m1./s1. The third-order valence-electron chi connectivity index (χ3n) is 7.39. The Kier molecular flexibility index (Phi) is 8.54. The van der Waals surface area contributed by atoms with Crippen LogP contribution < -0.4 is 0 Å². The Morgan fingerprint density at radius 3 is 2.29 bits per heavy atom. The first-order valence-corrected chi connectivity index (χ1v) is 12.7. The second-order valence-corrected chi connectivity index (χ2v) is 9.80. The van der Waals surface area contributed by atoms with Crippen LogP contribution in [0.3, 0.4) is 0 Å². The van der Waals surface area contributed by atoms with Gasteiger partial charge in [0.1, 0.15) is 0 Å². The summed E-state index contributed by atoms with van der Waals surface area (Å²) in [6.45, 7) is 6.21. The molecule has 2 aromatic carbocycles. The molecule has 0 N–H and O–H groups in total. The van der Waals surface area contributed by atoms with Crippen molar-refractivity contribution in [1.29, 1.82) is 0 Å². The normalized spacial score (nSPS) is 20.9. The highest BCUT2D eigenvalue weighted by atomic mass is 16.2. The molecule has 2 heterocycles. The fourth-order valence-electron chi connectivity index (χ4n) is 5.19. The van der Waals surface area contributed by atoms with E-state index in [4.69, 9.17) is 0 Å². The van der Waals surface area contributed by atoms with Crippen LogP contribution in [0.1, 0.15) is 53.1 Å². The Bertz CT molecular complexity index is 1030. The molecule has 0 aromatic heterocycles. The molecule has 5 rings (SSSR count). The van der Waals surface area contributed by atoms with Crippen molar-refractivity contribution in [1.82, 2.24) is 9.80 Å². The first-order chi connectivity index (χ1) is 16.6.